The van der Waals surface area contributed by atoms with Crippen molar-refractivity contribution in [2.75, 3.05) is 6.54 Å². The van der Waals surface area contributed by atoms with Crippen molar-refractivity contribution < 1.29 is 14.3 Å². The molecular formula is C18H25N3O3. The van der Waals surface area contributed by atoms with E-state index >= 15 is 0 Å². The van der Waals surface area contributed by atoms with E-state index in [0.29, 0.717) is 18.6 Å². The molecule has 1 aliphatic heterocycles. The molecule has 2 unspecified atom stereocenters. The lowest BCUT2D eigenvalue weighted by atomic mass is 10.0. The van der Waals surface area contributed by atoms with Crippen molar-refractivity contribution >= 4 is 5.91 Å². The lowest BCUT2D eigenvalue weighted by Crippen LogP contribution is -2.36. The van der Waals surface area contributed by atoms with E-state index in [4.69, 9.17) is 4.42 Å². The highest BCUT2D eigenvalue weighted by atomic mass is 16.4. The average molecular weight is 331 g/mol. The lowest BCUT2D eigenvalue weighted by molar-refractivity contribution is -0.132. The molecular weight excluding hydrogens is 306 g/mol. The molecule has 2 aromatic heterocycles. The number of nitrogens with zero attached hydrogens (tertiary/aromatic N) is 3. The van der Waals surface area contributed by atoms with Crippen molar-refractivity contribution in [3.05, 3.63) is 42.4 Å². The molecule has 1 aliphatic rings. The van der Waals surface area contributed by atoms with Gasteiger partial charge in [-0.25, -0.2) is 4.98 Å². The minimum absolute atomic E-state index is 0.104. The number of aliphatic hydroxyl groups is 1. The van der Waals surface area contributed by atoms with Gasteiger partial charge in [0.1, 0.15) is 17.7 Å². The van der Waals surface area contributed by atoms with Crippen LogP contribution < -0.4 is 0 Å². The van der Waals surface area contributed by atoms with Gasteiger partial charge in [0.05, 0.1) is 6.26 Å². The maximum Gasteiger partial charge on any atom is 0.222 e. The summed E-state index contributed by atoms with van der Waals surface area (Å²) in [6.07, 6.45) is 8.47. The van der Waals surface area contributed by atoms with Crippen LogP contribution in [0.4, 0.5) is 0 Å². The zero-order chi connectivity index (χ0) is 16.9. The Morgan fingerprint density at radius 3 is 3.12 bits per heavy atom. The van der Waals surface area contributed by atoms with Gasteiger partial charge < -0.3 is 19.0 Å². The smallest absolute Gasteiger partial charge is 0.222 e. The van der Waals surface area contributed by atoms with Crippen molar-refractivity contribution in [1.82, 2.24) is 14.5 Å². The van der Waals surface area contributed by atoms with Crippen molar-refractivity contribution in [3.8, 4) is 0 Å². The van der Waals surface area contributed by atoms with E-state index in [1.165, 1.54) is 0 Å². The average Bonchev–Trinajstić information content (AvgIpc) is 3.29. The maximum atomic E-state index is 12.5. The van der Waals surface area contributed by atoms with Gasteiger partial charge in [-0.15, -0.1) is 0 Å². The third kappa shape index (κ3) is 3.87. The van der Waals surface area contributed by atoms with Gasteiger partial charge in [0.25, 0.3) is 0 Å². The first-order valence-corrected chi connectivity index (χ1v) is 8.64. The summed E-state index contributed by atoms with van der Waals surface area (Å²) in [5, 5.41) is 10.3. The molecule has 6 nitrogen and oxygen atoms in total. The summed E-state index contributed by atoms with van der Waals surface area (Å²) in [6, 6.07) is 3.65. The number of hydrogen-bond acceptors (Lipinski definition) is 4. The Hall–Kier alpha value is -2.08. The molecule has 1 amide bonds. The molecule has 24 heavy (non-hydrogen) atoms. The number of carbonyl (C=O) groups is 1. The van der Waals surface area contributed by atoms with Crippen LogP contribution in [0.1, 0.15) is 49.8 Å². The van der Waals surface area contributed by atoms with Gasteiger partial charge in [0, 0.05) is 44.4 Å². The molecule has 0 spiro atoms. The van der Waals surface area contributed by atoms with Crippen LogP contribution in [0.2, 0.25) is 0 Å². The van der Waals surface area contributed by atoms with Crippen LogP contribution in [0.25, 0.3) is 0 Å². The molecule has 3 rings (SSSR count). The van der Waals surface area contributed by atoms with Gasteiger partial charge in [-0.1, -0.05) is 0 Å². The van der Waals surface area contributed by atoms with E-state index in [2.05, 4.69) is 9.55 Å². The molecule has 2 aromatic rings. The Balaban J connectivity index is 1.49. The number of rotatable bonds is 7. The minimum Gasteiger partial charge on any atom is -0.467 e. The Kier molecular flexibility index (Phi) is 5.35. The summed E-state index contributed by atoms with van der Waals surface area (Å²) in [7, 11) is 0. The van der Waals surface area contributed by atoms with Crippen molar-refractivity contribution in [3.63, 3.8) is 0 Å². The summed E-state index contributed by atoms with van der Waals surface area (Å²) < 4.78 is 7.32. The maximum absolute atomic E-state index is 12.5. The number of hydrogen-bond donors (Lipinski definition) is 1. The van der Waals surface area contributed by atoms with Crippen LogP contribution in [0, 0.1) is 6.92 Å². The standard InChI is InChI=1S/C18H25N3O3/c1-14-19-8-11-20(14)9-3-7-18(23)21-10-2-5-15(21)13-16(22)17-6-4-12-24-17/h4,6,8,11-12,15-16,22H,2-3,5,7,9-10,13H2,1H3. The van der Waals surface area contributed by atoms with Crippen molar-refractivity contribution in [2.24, 2.45) is 0 Å². The third-order valence-corrected chi connectivity index (χ3v) is 4.78. The first kappa shape index (κ1) is 16.8. The highest BCUT2D eigenvalue weighted by Crippen LogP contribution is 2.28. The quantitative estimate of drug-likeness (QED) is 0.847. The third-order valence-electron chi connectivity index (χ3n) is 4.78. The Bertz CT molecular complexity index is 650. The zero-order valence-electron chi connectivity index (χ0n) is 14.1. The molecule has 6 heteroatoms. The van der Waals surface area contributed by atoms with Crippen LogP contribution in [0.3, 0.4) is 0 Å². The fraction of sp³-hybridized carbons (Fsp3) is 0.556. The second-order valence-electron chi connectivity index (χ2n) is 6.42. The summed E-state index contributed by atoms with van der Waals surface area (Å²) in [5.41, 5.74) is 0. The molecule has 1 saturated heterocycles. The molecule has 130 valence electrons. The van der Waals surface area contributed by atoms with Crippen LogP contribution in [-0.4, -0.2) is 38.1 Å². The number of aryl methyl sites for hydroxylation is 2. The predicted molar refractivity (Wildman–Crippen MR) is 89.2 cm³/mol. The first-order chi connectivity index (χ1) is 11.6. The van der Waals surface area contributed by atoms with E-state index in [0.717, 1.165) is 38.2 Å². The van der Waals surface area contributed by atoms with E-state index in [9.17, 15) is 9.90 Å². The van der Waals surface area contributed by atoms with E-state index in [-0.39, 0.29) is 11.9 Å². The normalized spacial score (nSPS) is 18.9. The summed E-state index contributed by atoms with van der Waals surface area (Å²) in [5.74, 6) is 1.73. The highest BCUT2D eigenvalue weighted by Gasteiger charge is 2.30. The second kappa shape index (κ2) is 7.66. The molecule has 0 saturated carbocycles. The molecule has 0 aliphatic carbocycles. The molecule has 3 heterocycles. The molecule has 2 atom stereocenters. The number of imidazole rings is 1. The van der Waals surface area contributed by atoms with Crippen LogP contribution >= 0.6 is 0 Å². The molecule has 1 fully saturated rings. The SMILES string of the molecule is Cc1nccn1CCCC(=O)N1CCCC1CC(O)c1ccco1. The largest absolute Gasteiger partial charge is 0.467 e. The van der Waals surface area contributed by atoms with Crippen molar-refractivity contribution in [1.29, 1.82) is 0 Å². The Morgan fingerprint density at radius 1 is 1.54 bits per heavy atom. The fourth-order valence-corrected chi connectivity index (χ4v) is 3.45. The zero-order valence-corrected chi connectivity index (χ0v) is 14.1. The Morgan fingerprint density at radius 2 is 2.42 bits per heavy atom. The fourth-order valence-electron chi connectivity index (χ4n) is 3.45. The van der Waals surface area contributed by atoms with Crippen LogP contribution in [0.5, 0.6) is 0 Å². The Labute approximate surface area is 142 Å². The van der Waals surface area contributed by atoms with E-state index < -0.39 is 6.10 Å². The van der Waals surface area contributed by atoms with Crippen LogP contribution in [-0.2, 0) is 11.3 Å². The first-order valence-electron chi connectivity index (χ1n) is 8.64. The topological polar surface area (TPSA) is 71.5 Å². The number of furan rings is 1. The molecule has 0 bridgehead atoms. The second-order valence-corrected chi connectivity index (χ2v) is 6.42. The van der Waals surface area contributed by atoms with Crippen molar-refractivity contribution in [2.45, 2.75) is 57.7 Å². The van der Waals surface area contributed by atoms with Gasteiger partial charge in [-0.3, -0.25) is 4.79 Å². The number of likely N-dealkylation sites (tertiary alicyclic amines) is 1. The molecule has 0 radical (unpaired) electrons. The number of aliphatic hydroxyl groups excluding tert-OH is 1. The highest BCUT2D eigenvalue weighted by molar-refractivity contribution is 5.76. The molecule has 0 aromatic carbocycles. The van der Waals surface area contributed by atoms with E-state index in [1.54, 1.807) is 24.6 Å². The monoisotopic (exact) mass is 331 g/mol. The van der Waals surface area contributed by atoms with Crippen LogP contribution in [0.15, 0.2) is 35.2 Å². The minimum atomic E-state index is -0.646. The van der Waals surface area contributed by atoms with E-state index in [1.807, 2.05) is 18.0 Å². The summed E-state index contributed by atoms with van der Waals surface area (Å²) in [6.45, 7) is 3.57. The predicted octanol–water partition coefficient (Wildman–Crippen LogP) is 2.68. The van der Waals surface area contributed by atoms with Gasteiger partial charge in [0.2, 0.25) is 5.91 Å². The van der Waals surface area contributed by atoms with Gasteiger partial charge >= 0.3 is 0 Å². The van der Waals surface area contributed by atoms with Gasteiger partial charge in [-0.2, -0.15) is 0 Å². The number of amides is 1. The summed E-state index contributed by atoms with van der Waals surface area (Å²) >= 11 is 0. The van der Waals surface area contributed by atoms with Gasteiger partial charge in [0.15, 0.2) is 0 Å². The molecule has 1 N–H and O–H groups in total. The van der Waals surface area contributed by atoms with Gasteiger partial charge in [-0.05, 0) is 38.3 Å². The lowest BCUT2D eigenvalue weighted by Gasteiger charge is -2.26. The summed E-state index contributed by atoms with van der Waals surface area (Å²) in [4.78, 5) is 18.7. The number of aromatic nitrogens is 2. The number of carbonyl (C=O) groups excluding carboxylic acids is 1.